The number of aliphatic hydroxyl groups is 1. The molecule has 1 amide bonds. The van der Waals surface area contributed by atoms with E-state index in [4.69, 9.17) is 0 Å². The lowest BCUT2D eigenvalue weighted by Crippen LogP contribution is -2.33. The highest BCUT2D eigenvalue weighted by atomic mass is 16.3. The Kier molecular flexibility index (Phi) is 5.79. The van der Waals surface area contributed by atoms with Crippen LogP contribution in [0.2, 0.25) is 0 Å². The van der Waals surface area contributed by atoms with E-state index < -0.39 is 0 Å². The molecule has 1 aromatic carbocycles. The number of amides is 1. The van der Waals surface area contributed by atoms with Gasteiger partial charge in [-0.2, -0.15) is 0 Å². The number of nitrogens with one attached hydrogen (secondary N) is 2. The highest BCUT2D eigenvalue weighted by molar-refractivity contribution is 5.94. The van der Waals surface area contributed by atoms with Gasteiger partial charge < -0.3 is 20.6 Å². The average molecular weight is 341 g/mol. The Balaban J connectivity index is 1.49. The minimum atomic E-state index is -0.0892. The molecule has 2 heterocycles. The number of rotatable bonds is 7. The van der Waals surface area contributed by atoms with Gasteiger partial charge in [0, 0.05) is 31.3 Å². The molecule has 3 N–H and O–H groups in total. The number of benzene rings is 1. The SMILES string of the molecule is O=C(NCCNc1cc(N2CCCC2CO)ncn1)c1ccccc1. The van der Waals surface area contributed by atoms with Gasteiger partial charge in [0.2, 0.25) is 0 Å². The number of carbonyl (C=O) groups excluding carboxylic acids is 1. The minimum Gasteiger partial charge on any atom is -0.394 e. The van der Waals surface area contributed by atoms with Crippen LogP contribution in [0.5, 0.6) is 0 Å². The van der Waals surface area contributed by atoms with Gasteiger partial charge in [-0.15, -0.1) is 0 Å². The molecule has 25 heavy (non-hydrogen) atoms. The van der Waals surface area contributed by atoms with Gasteiger partial charge in [-0.05, 0) is 25.0 Å². The van der Waals surface area contributed by atoms with E-state index >= 15 is 0 Å². The zero-order valence-corrected chi connectivity index (χ0v) is 14.1. The van der Waals surface area contributed by atoms with Crippen LogP contribution >= 0.6 is 0 Å². The summed E-state index contributed by atoms with van der Waals surface area (Å²) in [6.45, 7) is 2.10. The Bertz CT molecular complexity index is 695. The van der Waals surface area contributed by atoms with Crippen molar-refractivity contribution >= 4 is 17.5 Å². The highest BCUT2D eigenvalue weighted by Crippen LogP contribution is 2.24. The standard InChI is InChI=1S/C18H23N5O2/c24-12-15-7-4-10-23(15)17-11-16(21-13-22-17)19-8-9-20-18(25)14-5-2-1-3-6-14/h1-3,5-6,11,13,15,24H,4,7-10,12H2,(H,20,25)(H,19,21,22). The third-order valence-corrected chi connectivity index (χ3v) is 4.29. The summed E-state index contributed by atoms with van der Waals surface area (Å²) in [6.07, 6.45) is 3.56. The molecule has 0 saturated carbocycles. The van der Waals surface area contributed by atoms with Crippen molar-refractivity contribution in [2.24, 2.45) is 0 Å². The van der Waals surface area contributed by atoms with Crippen LogP contribution in [0.15, 0.2) is 42.7 Å². The Hall–Kier alpha value is -2.67. The summed E-state index contributed by atoms with van der Waals surface area (Å²) in [5.41, 5.74) is 0.649. The molecule has 1 atom stereocenters. The van der Waals surface area contributed by atoms with Crippen LogP contribution in [0.25, 0.3) is 0 Å². The molecular weight excluding hydrogens is 318 g/mol. The predicted octanol–water partition coefficient (Wildman–Crippen LogP) is 1.28. The number of aromatic nitrogens is 2. The average Bonchev–Trinajstić information content (AvgIpc) is 3.15. The molecular formula is C18H23N5O2. The molecule has 0 spiro atoms. The van der Waals surface area contributed by atoms with Gasteiger partial charge in [-0.25, -0.2) is 9.97 Å². The first-order valence-corrected chi connectivity index (χ1v) is 8.54. The fourth-order valence-electron chi connectivity index (χ4n) is 2.99. The predicted molar refractivity (Wildman–Crippen MR) is 96.8 cm³/mol. The molecule has 0 radical (unpaired) electrons. The molecule has 1 aromatic heterocycles. The Morgan fingerprint density at radius 2 is 2.08 bits per heavy atom. The van der Waals surface area contributed by atoms with Crippen molar-refractivity contribution in [2.75, 3.05) is 36.5 Å². The van der Waals surface area contributed by atoms with E-state index in [-0.39, 0.29) is 18.6 Å². The molecule has 0 aliphatic carbocycles. The normalized spacial score (nSPS) is 16.7. The van der Waals surface area contributed by atoms with Crippen LogP contribution in [0, 0.1) is 0 Å². The van der Waals surface area contributed by atoms with Gasteiger partial charge >= 0.3 is 0 Å². The molecule has 1 unspecified atom stereocenters. The monoisotopic (exact) mass is 341 g/mol. The van der Waals surface area contributed by atoms with Gasteiger partial charge in [0.25, 0.3) is 5.91 Å². The molecule has 1 aliphatic rings. The third kappa shape index (κ3) is 4.45. The van der Waals surface area contributed by atoms with Gasteiger partial charge in [0.1, 0.15) is 18.0 Å². The molecule has 3 rings (SSSR count). The lowest BCUT2D eigenvalue weighted by Gasteiger charge is -2.24. The first kappa shape index (κ1) is 17.2. The fourth-order valence-corrected chi connectivity index (χ4v) is 2.99. The van der Waals surface area contributed by atoms with E-state index in [1.54, 1.807) is 12.1 Å². The maximum Gasteiger partial charge on any atom is 0.251 e. The first-order chi connectivity index (χ1) is 12.3. The van der Waals surface area contributed by atoms with E-state index in [0.29, 0.717) is 24.5 Å². The summed E-state index contributed by atoms with van der Waals surface area (Å²) in [5.74, 6) is 1.44. The number of hydrogen-bond donors (Lipinski definition) is 3. The number of anilines is 2. The van der Waals surface area contributed by atoms with Crippen molar-refractivity contribution in [3.63, 3.8) is 0 Å². The maximum absolute atomic E-state index is 12.0. The summed E-state index contributed by atoms with van der Waals surface area (Å²) in [5, 5.41) is 15.5. The van der Waals surface area contributed by atoms with E-state index in [0.717, 1.165) is 25.2 Å². The van der Waals surface area contributed by atoms with Gasteiger partial charge in [0.15, 0.2) is 0 Å². The van der Waals surface area contributed by atoms with Crippen molar-refractivity contribution in [3.8, 4) is 0 Å². The van der Waals surface area contributed by atoms with Gasteiger partial charge in [0.05, 0.1) is 12.6 Å². The second kappa shape index (κ2) is 8.43. The Morgan fingerprint density at radius 3 is 2.88 bits per heavy atom. The van der Waals surface area contributed by atoms with Crippen LogP contribution in [-0.2, 0) is 0 Å². The van der Waals surface area contributed by atoms with Crippen molar-refractivity contribution in [3.05, 3.63) is 48.3 Å². The number of aliphatic hydroxyl groups excluding tert-OH is 1. The topological polar surface area (TPSA) is 90.4 Å². The van der Waals surface area contributed by atoms with Crippen molar-refractivity contribution in [2.45, 2.75) is 18.9 Å². The molecule has 7 nitrogen and oxygen atoms in total. The number of nitrogens with zero attached hydrogens (tertiary/aromatic N) is 3. The van der Waals surface area contributed by atoms with Gasteiger partial charge in [-0.1, -0.05) is 18.2 Å². The lowest BCUT2D eigenvalue weighted by atomic mass is 10.2. The third-order valence-electron chi connectivity index (χ3n) is 4.29. The summed E-state index contributed by atoms with van der Waals surface area (Å²) < 4.78 is 0. The molecule has 1 fully saturated rings. The quantitative estimate of drug-likeness (QED) is 0.657. The van der Waals surface area contributed by atoms with Crippen molar-refractivity contribution < 1.29 is 9.90 Å². The van der Waals surface area contributed by atoms with E-state index in [1.165, 1.54) is 6.33 Å². The summed E-state index contributed by atoms with van der Waals surface area (Å²) in [4.78, 5) is 22.6. The molecule has 132 valence electrons. The summed E-state index contributed by atoms with van der Waals surface area (Å²) in [6, 6.07) is 11.1. The van der Waals surface area contributed by atoms with Crippen LogP contribution in [0.4, 0.5) is 11.6 Å². The molecule has 1 saturated heterocycles. The Labute approximate surface area is 147 Å². The number of hydrogen-bond acceptors (Lipinski definition) is 6. The van der Waals surface area contributed by atoms with E-state index in [2.05, 4.69) is 25.5 Å². The van der Waals surface area contributed by atoms with Crippen LogP contribution in [0.1, 0.15) is 23.2 Å². The van der Waals surface area contributed by atoms with Crippen LogP contribution < -0.4 is 15.5 Å². The van der Waals surface area contributed by atoms with E-state index in [9.17, 15) is 9.90 Å². The van der Waals surface area contributed by atoms with E-state index in [1.807, 2.05) is 24.3 Å². The first-order valence-electron chi connectivity index (χ1n) is 8.54. The zero-order chi connectivity index (χ0) is 17.5. The molecule has 7 heteroatoms. The molecule has 0 bridgehead atoms. The number of carbonyl (C=O) groups is 1. The van der Waals surface area contributed by atoms with Crippen molar-refractivity contribution in [1.82, 2.24) is 15.3 Å². The smallest absolute Gasteiger partial charge is 0.251 e. The second-order valence-electron chi connectivity index (χ2n) is 5.98. The largest absolute Gasteiger partial charge is 0.394 e. The summed E-state index contributed by atoms with van der Waals surface area (Å²) in [7, 11) is 0. The van der Waals surface area contributed by atoms with Gasteiger partial charge in [-0.3, -0.25) is 4.79 Å². The molecule has 1 aliphatic heterocycles. The Morgan fingerprint density at radius 1 is 1.24 bits per heavy atom. The lowest BCUT2D eigenvalue weighted by molar-refractivity contribution is 0.0955. The maximum atomic E-state index is 12.0. The van der Waals surface area contributed by atoms with Crippen LogP contribution in [-0.4, -0.2) is 53.3 Å². The van der Waals surface area contributed by atoms with Crippen LogP contribution in [0.3, 0.4) is 0 Å². The summed E-state index contributed by atoms with van der Waals surface area (Å²) >= 11 is 0. The molecule has 2 aromatic rings. The van der Waals surface area contributed by atoms with Crippen molar-refractivity contribution in [1.29, 1.82) is 0 Å². The second-order valence-corrected chi connectivity index (χ2v) is 5.98. The highest BCUT2D eigenvalue weighted by Gasteiger charge is 2.25. The minimum absolute atomic E-state index is 0.0892. The zero-order valence-electron chi connectivity index (χ0n) is 14.1. The fraction of sp³-hybridized carbons (Fsp3) is 0.389.